The number of nitrogens with zero attached hydrogens (tertiary/aromatic N) is 3. The topological polar surface area (TPSA) is 66.7 Å². The third-order valence-electron chi connectivity index (χ3n) is 3.56. The second-order valence-electron chi connectivity index (χ2n) is 5.12. The van der Waals surface area contributed by atoms with E-state index >= 15 is 0 Å². The van der Waals surface area contributed by atoms with Crippen molar-refractivity contribution in [3.8, 4) is 0 Å². The molecule has 6 heteroatoms. The Hall–Kier alpha value is -1.85. The summed E-state index contributed by atoms with van der Waals surface area (Å²) in [5.41, 5.74) is 0.279. The van der Waals surface area contributed by atoms with Crippen LogP contribution in [0.4, 0.5) is 0 Å². The number of carbonyl (C=O) groups is 2. The first-order valence-corrected chi connectivity index (χ1v) is 7.06. The van der Waals surface area contributed by atoms with Crippen molar-refractivity contribution in [2.24, 2.45) is 0 Å². The summed E-state index contributed by atoms with van der Waals surface area (Å²) in [7, 11) is 1.61. The molecule has 1 aromatic heterocycles. The molecule has 0 unspecified atom stereocenters. The van der Waals surface area contributed by atoms with Crippen LogP contribution in [0, 0.1) is 0 Å². The molecule has 6 nitrogen and oxygen atoms in total. The average Bonchev–Trinajstić information content (AvgIpc) is 3.17. The predicted octanol–water partition coefficient (Wildman–Crippen LogP) is 1.49. The Morgan fingerprint density at radius 2 is 2.00 bits per heavy atom. The molecule has 20 heavy (non-hydrogen) atoms. The maximum Gasteiger partial charge on any atom is 0.276 e. The maximum absolute atomic E-state index is 12.2. The lowest BCUT2D eigenvalue weighted by Gasteiger charge is -2.22. The molecule has 110 valence electrons. The fourth-order valence-corrected chi connectivity index (χ4v) is 2.10. The van der Waals surface area contributed by atoms with Gasteiger partial charge in [0.05, 0.1) is 6.54 Å². The summed E-state index contributed by atoms with van der Waals surface area (Å²) < 4.78 is 5.16. The summed E-state index contributed by atoms with van der Waals surface area (Å²) in [5.74, 6) is 0.862. The molecule has 0 atom stereocenters. The first kappa shape index (κ1) is 14.6. The molecule has 0 spiro atoms. The van der Waals surface area contributed by atoms with E-state index in [2.05, 4.69) is 5.16 Å². The number of hydrogen-bond donors (Lipinski definition) is 0. The summed E-state index contributed by atoms with van der Waals surface area (Å²) in [6.45, 7) is 5.19. The highest BCUT2D eigenvalue weighted by molar-refractivity contribution is 5.94. The summed E-state index contributed by atoms with van der Waals surface area (Å²) in [6, 6.07) is 1.69. The van der Waals surface area contributed by atoms with Crippen LogP contribution in [-0.4, -0.2) is 53.5 Å². The van der Waals surface area contributed by atoms with Crippen molar-refractivity contribution in [3.05, 3.63) is 17.5 Å². The van der Waals surface area contributed by atoms with Crippen LogP contribution < -0.4 is 0 Å². The van der Waals surface area contributed by atoms with Gasteiger partial charge in [0.15, 0.2) is 5.69 Å². The second kappa shape index (κ2) is 6.07. The van der Waals surface area contributed by atoms with Gasteiger partial charge in [-0.05, 0) is 26.7 Å². The summed E-state index contributed by atoms with van der Waals surface area (Å²) in [5, 5.41) is 3.80. The van der Waals surface area contributed by atoms with Gasteiger partial charge in [0, 0.05) is 32.1 Å². The molecule has 1 saturated carbocycles. The summed E-state index contributed by atoms with van der Waals surface area (Å²) in [4.78, 5) is 27.2. The van der Waals surface area contributed by atoms with Crippen molar-refractivity contribution in [1.82, 2.24) is 15.0 Å². The van der Waals surface area contributed by atoms with Crippen LogP contribution in [0.2, 0.25) is 0 Å². The van der Waals surface area contributed by atoms with E-state index in [-0.39, 0.29) is 24.1 Å². The molecule has 0 radical (unpaired) electrons. The van der Waals surface area contributed by atoms with E-state index in [0.29, 0.717) is 19.0 Å². The Kier molecular flexibility index (Phi) is 4.42. The SMILES string of the molecule is CCN(CC)C(=O)CN(C)C(=O)c1cc(C2CC2)on1. The zero-order valence-electron chi connectivity index (χ0n) is 12.3. The molecule has 1 aliphatic rings. The highest BCUT2D eigenvalue weighted by atomic mass is 16.5. The second-order valence-corrected chi connectivity index (χ2v) is 5.12. The molecule has 0 saturated heterocycles. The third-order valence-corrected chi connectivity index (χ3v) is 3.56. The third kappa shape index (κ3) is 3.18. The van der Waals surface area contributed by atoms with Crippen LogP contribution in [0.5, 0.6) is 0 Å². The molecular weight excluding hydrogens is 258 g/mol. The molecule has 1 heterocycles. The first-order chi connectivity index (χ1) is 9.56. The first-order valence-electron chi connectivity index (χ1n) is 7.06. The number of likely N-dealkylation sites (N-methyl/N-ethyl adjacent to an activating group) is 2. The average molecular weight is 279 g/mol. The van der Waals surface area contributed by atoms with Crippen LogP contribution in [-0.2, 0) is 4.79 Å². The van der Waals surface area contributed by atoms with Crippen LogP contribution in [0.15, 0.2) is 10.6 Å². The Morgan fingerprint density at radius 1 is 1.35 bits per heavy atom. The normalized spacial score (nSPS) is 14.2. The lowest BCUT2D eigenvalue weighted by Crippen LogP contribution is -2.41. The van der Waals surface area contributed by atoms with E-state index in [4.69, 9.17) is 4.52 Å². The predicted molar refractivity (Wildman–Crippen MR) is 73.4 cm³/mol. The van der Waals surface area contributed by atoms with E-state index in [1.54, 1.807) is 18.0 Å². The number of carbonyl (C=O) groups excluding carboxylic acids is 2. The van der Waals surface area contributed by atoms with Crippen molar-refractivity contribution >= 4 is 11.8 Å². The number of hydrogen-bond acceptors (Lipinski definition) is 4. The zero-order chi connectivity index (χ0) is 14.7. The van der Waals surface area contributed by atoms with E-state index in [1.807, 2.05) is 13.8 Å². The van der Waals surface area contributed by atoms with Gasteiger partial charge >= 0.3 is 0 Å². The minimum atomic E-state index is -0.277. The molecule has 0 aromatic carbocycles. The minimum Gasteiger partial charge on any atom is -0.360 e. The minimum absolute atomic E-state index is 0.0586. The van der Waals surface area contributed by atoms with Crippen LogP contribution in [0.3, 0.4) is 0 Å². The largest absolute Gasteiger partial charge is 0.360 e. The van der Waals surface area contributed by atoms with Gasteiger partial charge in [-0.1, -0.05) is 5.16 Å². The molecule has 1 aliphatic carbocycles. The van der Waals surface area contributed by atoms with E-state index in [9.17, 15) is 9.59 Å². The van der Waals surface area contributed by atoms with E-state index in [1.165, 1.54) is 4.90 Å². The highest BCUT2D eigenvalue weighted by Gasteiger charge is 2.29. The van der Waals surface area contributed by atoms with Crippen LogP contribution in [0.25, 0.3) is 0 Å². The lowest BCUT2D eigenvalue weighted by molar-refractivity contribution is -0.131. The maximum atomic E-state index is 12.2. The molecule has 0 aliphatic heterocycles. The standard InChI is InChI=1S/C14H21N3O3/c1-4-17(5-2)13(18)9-16(3)14(19)11-8-12(20-15-11)10-6-7-10/h8,10H,4-7,9H2,1-3H3. The quantitative estimate of drug-likeness (QED) is 0.791. The fourth-order valence-electron chi connectivity index (χ4n) is 2.10. The van der Waals surface area contributed by atoms with E-state index < -0.39 is 0 Å². The Balaban J connectivity index is 1.95. The van der Waals surface area contributed by atoms with Gasteiger partial charge < -0.3 is 14.3 Å². The monoisotopic (exact) mass is 279 g/mol. The number of aromatic nitrogens is 1. The van der Waals surface area contributed by atoms with Crippen molar-refractivity contribution in [2.45, 2.75) is 32.6 Å². The van der Waals surface area contributed by atoms with Gasteiger partial charge in [-0.3, -0.25) is 9.59 Å². The molecular formula is C14H21N3O3. The molecule has 1 aromatic rings. The van der Waals surface area contributed by atoms with Crippen molar-refractivity contribution < 1.29 is 14.1 Å². The van der Waals surface area contributed by atoms with Gasteiger partial charge in [0.1, 0.15) is 5.76 Å². The van der Waals surface area contributed by atoms with Gasteiger partial charge in [-0.15, -0.1) is 0 Å². The Labute approximate surface area is 118 Å². The molecule has 1 fully saturated rings. The van der Waals surface area contributed by atoms with Gasteiger partial charge in [-0.2, -0.15) is 0 Å². The fraction of sp³-hybridized carbons (Fsp3) is 0.643. The lowest BCUT2D eigenvalue weighted by atomic mass is 10.2. The van der Waals surface area contributed by atoms with Crippen molar-refractivity contribution in [3.63, 3.8) is 0 Å². The van der Waals surface area contributed by atoms with Crippen molar-refractivity contribution in [1.29, 1.82) is 0 Å². The van der Waals surface area contributed by atoms with E-state index in [0.717, 1.165) is 18.6 Å². The highest BCUT2D eigenvalue weighted by Crippen LogP contribution is 2.40. The van der Waals surface area contributed by atoms with Crippen LogP contribution in [0.1, 0.15) is 48.9 Å². The molecule has 0 bridgehead atoms. The summed E-state index contributed by atoms with van der Waals surface area (Å²) in [6.07, 6.45) is 2.19. The van der Waals surface area contributed by atoms with Gasteiger partial charge in [-0.25, -0.2) is 0 Å². The molecule has 2 rings (SSSR count). The number of rotatable bonds is 6. The zero-order valence-corrected chi connectivity index (χ0v) is 12.3. The molecule has 0 N–H and O–H groups in total. The Morgan fingerprint density at radius 3 is 2.55 bits per heavy atom. The number of amides is 2. The smallest absolute Gasteiger partial charge is 0.276 e. The van der Waals surface area contributed by atoms with Gasteiger partial charge in [0.2, 0.25) is 5.91 Å². The van der Waals surface area contributed by atoms with Gasteiger partial charge in [0.25, 0.3) is 5.91 Å². The Bertz CT molecular complexity index is 490. The van der Waals surface area contributed by atoms with Crippen LogP contribution >= 0.6 is 0 Å². The molecule has 2 amide bonds. The van der Waals surface area contributed by atoms with Crippen molar-refractivity contribution in [2.75, 3.05) is 26.7 Å². The summed E-state index contributed by atoms with van der Waals surface area (Å²) >= 11 is 0.